The highest BCUT2D eigenvalue weighted by Gasteiger charge is 2.33. The van der Waals surface area contributed by atoms with E-state index in [4.69, 9.17) is 14.2 Å². The molecule has 4 rings (SSSR count). The lowest BCUT2D eigenvalue weighted by atomic mass is 9.77. The standard InChI is InChI=1S/C33H39FO5/c1-7-33(3,4)31(38-6)29-16-21(8-13-26(29)28-17-23(37-5)12-15-30(28)34)19-39-24-11-9-22-10-14-25(27(22)18-24)20(2)32(35)36/h8-9,11-13,15-18,20,25,31H,7,10,14,19H2,1-6H3,(H,35,36)/t20-,25-,31+/m0/s1. The van der Waals surface area contributed by atoms with Crippen LogP contribution in [0.2, 0.25) is 0 Å². The highest BCUT2D eigenvalue weighted by atomic mass is 19.1. The molecule has 1 aliphatic rings. The smallest absolute Gasteiger partial charge is 0.306 e. The van der Waals surface area contributed by atoms with Gasteiger partial charge in [0.1, 0.15) is 23.9 Å². The predicted octanol–water partition coefficient (Wildman–Crippen LogP) is 7.95. The molecule has 3 aromatic carbocycles. The van der Waals surface area contributed by atoms with E-state index in [1.165, 1.54) is 11.6 Å². The van der Waals surface area contributed by atoms with Gasteiger partial charge in [-0.15, -0.1) is 0 Å². The molecule has 39 heavy (non-hydrogen) atoms. The van der Waals surface area contributed by atoms with Gasteiger partial charge in [0.05, 0.1) is 19.1 Å². The fraction of sp³-hybridized carbons (Fsp3) is 0.424. The Hall–Kier alpha value is -3.38. The van der Waals surface area contributed by atoms with Gasteiger partial charge in [0, 0.05) is 12.7 Å². The van der Waals surface area contributed by atoms with Gasteiger partial charge in [-0.25, -0.2) is 4.39 Å². The zero-order chi connectivity index (χ0) is 28.3. The SMILES string of the molecule is CCC(C)(C)[C@H](OC)c1cc(COc2ccc3c(c2)[C@H]([C@H](C)C(=O)O)CC3)ccc1-c1cc(OC)ccc1F. The monoisotopic (exact) mass is 534 g/mol. The van der Waals surface area contributed by atoms with Crippen LogP contribution in [0.1, 0.15) is 74.8 Å². The summed E-state index contributed by atoms with van der Waals surface area (Å²) in [6.45, 7) is 8.50. The molecule has 0 amide bonds. The van der Waals surface area contributed by atoms with Gasteiger partial charge < -0.3 is 19.3 Å². The number of carbonyl (C=O) groups is 1. The Morgan fingerprint density at radius 3 is 2.46 bits per heavy atom. The minimum Gasteiger partial charge on any atom is -0.497 e. The Morgan fingerprint density at radius 1 is 1.05 bits per heavy atom. The van der Waals surface area contributed by atoms with E-state index in [1.807, 2.05) is 36.4 Å². The lowest BCUT2D eigenvalue weighted by Crippen LogP contribution is -2.24. The lowest BCUT2D eigenvalue weighted by molar-refractivity contribution is -0.141. The predicted molar refractivity (Wildman–Crippen MR) is 151 cm³/mol. The number of methoxy groups -OCH3 is 2. The van der Waals surface area contributed by atoms with E-state index in [9.17, 15) is 9.90 Å². The summed E-state index contributed by atoms with van der Waals surface area (Å²) in [4.78, 5) is 11.6. The number of aryl methyl sites for hydroxylation is 1. The van der Waals surface area contributed by atoms with Crippen LogP contribution in [0.4, 0.5) is 4.39 Å². The second kappa shape index (κ2) is 11.8. The van der Waals surface area contributed by atoms with Crippen LogP contribution in [-0.4, -0.2) is 25.3 Å². The van der Waals surface area contributed by atoms with Gasteiger partial charge >= 0.3 is 5.97 Å². The molecule has 3 aromatic rings. The lowest BCUT2D eigenvalue weighted by Gasteiger charge is -2.34. The Balaban J connectivity index is 1.68. The fourth-order valence-corrected chi connectivity index (χ4v) is 5.61. The zero-order valence-electron chi connectivity index (χ0n) is 23.7. The fourth-order valence-electron chi connectivity index (χ4n) is 5.61. The molecule has 5 nitrogen and oxygen atoms in total. The summed E-state index contributed by atoms with van der Waals surface area (Å²) >= 11 is 0. The molecule has 0 saturated carbocycles. The van der Waals surface area contributed by atoms with Crippen molar-refractivity contribution in [2.75, 3.05) is 14.2 Å². The van der Waals surface area contributed by atoms with E-state index in [1.54, 1.807) is 33.3 Å². The maximum atomic E-state index is 15.1. The van der Waals surface area contributed by atoms with Crippen molar-refractivity contribution in [1.82, 2.24) is 0 Å². The first-order valence-electron chi connectivity index (χ1n) is 13.6. The first-order chi connectivity index (χ1) is 18.6. The molecule has 3 atom stereocenters. The van der Waals surface area contributed by atoms with Gasteiger partial charge in [0.15, 0.2) is 0 Å². The summed E-state index contributed by atoms with van der Waals surface area (Å²) in [5, 5.41) is 9.53. The van der Waals surface area contributed by atoms with E-state index in [0.717, 1.165) is 41.5 Å². The van der Waals surface area contributed by atoms with Crippen LogP contribution in [0.15, 0.2) is 54.6 Å². The van der Waals surface area contributed by atoms with Gasteiger partial charge in [0.25, 0.3) is 0 Å². The average molecular weight is 535 g/mol. The summed E-state index contributed by atoms with van der Waals surface area (Å²) < 4.78 is 32.7. The van der Waals surface area contributed by atoms with Gasteiger partial charge in [0.2, 0.25) is 0 Å². The topological polar surface area (TPSA) is 65.0 Å². The molecule has 208 valence electrons. The van der Waals surface area contributed by atoms with Gasteiger partial charge in [-0.3, -0.25) is 4.79 Å². The molecule has 1 N–H and O–H groups in total. The Bertz CT molecular complexity index is 1330. The molecule has 0 bridgehead atoms. The molecule has 0 aromatic heterocycles. The minimum atomic E-state index is -0.776. The molecule has 0 saturated heterocycles. The van der Waals surface area contributed by atoms with Crippen molar-refractivity contribution < 1.29 is 28.5 Å². The molecule has 6 heteroatoms. The number of hydrogen-bond acceptors (Lipinski definition) is 4. The maximum absolute atomic E-state index is 15.1. The summed E-state index contributed by atoms with van der Waals surface area (Å²) in [5.41, 5.74) is 5.10. The van der Waals surface area contributed by atoms with Crippen LogP contribution in [0, 0.1) is 17.2 Å². The number of rotatable bonds is 11. The summed E-state index contributed by atoms with van der Waals surface area (Å²) in [6, 6.07) is 16.7. The minimum absolute atomic E-state index is 0.0107. The van der Waals surface area contributed by atoms with E-state index >= 15 is 4.39 Å². The van der Waals surface area contributed by atoms with Crippen LogP contribution in [0.3, 0.4) is 0 Å². The number of fused-ring (bicyclic) bond motifs is 1. The third kappa shape index (κ3) is 5.96. The maximum Gasteiger partial charge on any atom is 0.306 e. The summed E-state index contributed by atoms with van der Waals surface area (Å²) in [6.07, 6.45) is 2.32. The first kappa shape index (κ1) is 28.6. The van der Waals surface area contributed by atoms with Crippen molar-refractivity contribution in [3.63, 3.8) is 0 Å². The van der Waals surface area contributed by atoms with E-state index in [2.05, 4.69) is 20.8 Å². The normalized spacial score (nSPS) is 16.4. The number of ether oxygens (including phenoxy) is 3. The van der Waals surface area contributed by atoms with E-state index in [0.29, 0.717) is 23.7 Å². The van der Waals surface area contributed by atoms with Gasteiger partial charge in [-0.2, -0.15) is 0 Å². The molecular formula is C33H39FO5. The van der Waals surface area contributed by atoms with Crippen molar-refractivity contribution >= 4 is 5.97 Å². The average Bonchev–Trinajstić information content (AvgIpc) is 3.35. The second-order valence-electron chi connectivity index (χ2n) is 11.1. The first-order valence-corrected chi connectivity index (χ1v) is 13.6. The van der Waals surface area contributed by atoms with Crippen molar-refractivity contribution in [1.29, 1.82) is 0 Å². The molecule has 0 heterocycles. The Labute approximate surface area is 230 Å². The Kier molecular flexibility index (Phi) is 8.65. The number of carboxylic acid groups (broad SMARTS) is 1. The van der Waals surface area contributed by atoms with E-state index < -0.39 is 11.9 Å². The molecule has 0 unspecified atom stereocenters. The second-order valence-corrected chi connectivity index (χ2v) is 11.1. The highest BCUT2D eigenvalue weighted by Crippen LogP contribution is 2.44. The zero-order valence-corrected chi connectivity index (χ0v) is 23.7. The van der Waals surface area contributed by atoms with E-state index in [-0.39, 0.29) is 23.3 Å². The summed E-state index contributed by atoms with van der Waals surface area (Å²) in [5.74, 6) is -0.263. The molecular weight excluding hydrogens is 495 g/mol. The van der Waals surface area contributed by atoms with Crippen molar-refractivity contribution in [2.45, 2.75) is 65.6 Å². The number of hydrogen-bond donors (Lipinski definition) is 1. The van der Waals surface area contributed by atoms with Crippen LogP contribution in [0.5, 0.6) is 11.5 Å². The van der Waals surface area contributed by atoms with Gasteiger partial charge in [-0.1, -0.05) is 45.9 Å². The third-order valence-electron chi connectivity index (χ3n) is 8.36. The molecule has 0 spiro atoms. The number of carboxylic acids is 1. The van der Waals surface area contributed by atoms with Crippen molar-refractivity contribution in [3.05, 3.63) is 82.7 Å². The molecule has 0 aliphatic heterocycles. The number of halogens is 1. The van der Waals surface area contributed by atoms with Crippen LogP contribution in [-0.2, 0) is 22.6 Å². The molecule has 1 aliphatic carbocycles. The summed E-state index contributed by atoms with van der Waals surface area (Å²) in [7, 11) is 3.26. The third-order valence-corrected chi connectivity index (χ3v) is 8.36. The van der Waals surface area contributed by atoms with Crippen LogP contribution in [0.25, 0.3) is 11.1 Å². The van der Waals surface area contributed by atoms with Crippen molar-refractivity contribution in [2.24, 2.45) is 11.3 Å². The largest absolute Gasteiger partial charge is 0.497 e. The number of benzene rings is 3. The Morgan fingerprint density at radius 2 is 1.79 bits per heavy atom. The molecule has 0 radical (unpaired) electrons. The quantitative estimate of drug-likeness (QED) is 0.270. The number of aliphatic carboxylic acids is 1. The molecule has 0 fully saturated rings. The van der Waals surface area contributed by atoms with Crippen molar-refractivity contribution in [3.8, 4) is 22.6 Å². The van der Waals surface area contributed by atoms with Crippen LogP contribution >= 0.6 is 0 Å². The van der Waals surface area contributed by atoms with Crippen LogP contribution < -0.4 is 9.47 Å². The van der Waals surface area contributed by atoms with Gasteiger partial charge in [-0.05, 0) is 94.8 Å². The highest BCUT2D eigenvalue weighted by molar-refractivity contribution is 5.72.